The number of benzene rings is 1. The van der Waals surface area contributed by atoms with Gasteiger partial charge in [-0.3, -0.25) is 10.1 Å². The van der Waals surface area contributed by atoms with Crippen molar-refractivity contribution in [3.63, 3.8) is 0 Å². The Morgan fingerprint density at radius 1 is 1.53 bits per heavy atom. The largest absolute Gasteiger partial charge is 0.327 e. The molecule has 3 N–H and O–H groups in total. The van der Waals surface area contributed by atoms with Crippen LogP contribution in [0.25, 0.3) is 0 Å². The molecule has 0 saturated carbocycles. The number of hydrogen-bond acceptors (Lipinski definition) is 5. The van der Waals surface area contributed by atoms with Gasteiger partial charge in [-0.25, -0.2) is 13.1 Å². The molecule has 0 heterocycles. The Hall–Kier alpha value is -1.51. The van der Waals surface area contributed by atoms with Gasteiger partial charge in [0, 0.05) is 24.7 Å². The zero-order valence-electron chi connectivity index (χ0n) is 9.16. The zero-order chi connectivity index (χ0) is 13.1. The maximum absolute atomic E-state index is 11.7. The third kappa shape index (κ3) is 3.77. The van der Waals surface area contributed by atoms with Gasteiger partial charge in [0.15, 0.2) is 0 Å². The van der Waals surface area contributed by atoms with Crippen molar-refractivity contribution in [1.82, 2.24) is 4.72 Å². The molecule has 0 bridgehead atoms. The van der Waals surface area contributed by atoms with E-state index in [1.54, 1.807) is 6.92 Å². The second-order valence-electron chi connectivity index (χ2n) is 3.58. The number of sulfonamides is 1. The Morgan fingerprint density at radius 2 is 2.18 bits per heavy atom. The minimum Gasteiger partial charge on any atom is -0.327 e. The van der Waals surface area contributed by atoms with E-state index in [0.717, 1.165) is 6.07 Å². The van der Waals surface area contributed by atoms with E-state index in [2.05, 4.69) is 4.72 Å². The monoisotopic (exact) mass is 259 g/mol. The molecule has 0 aliphatic carbocycles. The molecule has 0 radical (unpaired) electrons. The molecular formula is C9H13N3O4S. The van der Waals surface area contributed by atoms with Crippen molar-refractivity contribution in [2.75, 3.05) is 6.54 Å². The normalized spacial score (nSPS) is 13.3. The smallest absolute Gasteiger partial charge is 0.270 e. The molecule has 1 aromatic rings. The highest BCUT2D eigenvalue weighted by atomic mass is 32.2. The summed E-state index contributed by atoms with van der Waals surface area (Å²) in [7, 11) is -3.75. The van der Waals surface area contributed by atoms with Gasteiger partial charge in [0.1, 0.15) is 0 Å². The van der Waals surface area contributed by atoms with E-state index in [-0.39, 0.29) is 23.2 Å². The molecule has 0 spiro atoms. The minimum atomic E-state index is -3.75. The Bertz CT molecular complexity index is 513. The highest BCUT2D eigenvalue weighted by Crippen LogP contribution is 2.16. The van der Waals surface area contributed by atoms with Crippen molar-refractivity contribution in [2.45, 2.75) is 17.9 Å². The molecule has 0 aliphatic rings. The summed E-state index contributed by atoms with van der Waals surface area (Å²) in [4.78, 5) is 9.72. The van der Waals surface area contributed by atoms with Crippen molar-refractivity contribution >= 4 is 15.7 Å². The summed E-state index contributed by atoms with van der Waals surface area (Å²) in [5.41, 5.74) is 5.15. The average Bonchev–Trinajstić information content (AvgIpc) is 2.27. The number of hydrogen-bond donors (Lipinski definition) is 2. The standard InChI is InChI=1S/C9H13N3O4S/c1-7(10)6-11-17(15,16)9-4-2-3-8(5-9)12(13)14/h2-5,7,11H,6,10H2,1H3. The van der Waals surface area contributed by atoms with E-state index >= 15 is 0 Å². The molecule has 0 amide bonds. The second kappa shape index (κ2) is 5.21. The van der Waals surface area contributed by atoms with Crippen LogP contribution in [0.4, 0.5) is 5.69 Å². The molecule has 94 valence electrons. The zero-order valence-corrected chi connectivity index (χ0v) is 9.98. The first kappa shape index (κ1) is 13.6. The molecule has 0 aliphatic heterocycles. The summed E-state index contributed by atoms with van der Waals surface area (Å²) in [6, 6.07) is 4.51. The van der Waals surface area contributed by atoms with E-state index < -0.39 is 14.9 Å². The number of nitro benzene ring substituents is 1. The fourth-order valence-electron chi connectivity index (χ4n) is 1.09. The lowest BCUT2D eigenvalue weighted by molar-refractivity contribution is -0.385. The Labute approximate surface area is 98.8 Å². The fraction of sp³-hybridized carbons (Fsp3) is 0.333. The maximum atomic E-state index is 11.7. The number of rotatable bonds is 5. The van der Waals surface area contributed by atoms with Crippen molar-refractivity contribution < 1.29 is 13.3 Å². The van der Waals surface area contributed by atoms with Gasteiger partial charge in [-0.15, -0.1) is 0 Å². The molecule has 0 aromatic heterocycles. The van der Waals surface area contributed by atoms with Crippen molar-refractivity contribution in [3.05, 3.63) is 34.4 Å². The summed E-state index contributed by atoms with van der Waals surface area (Å²) >= 11 is 0. The predicted octanol–water partition coefficient (Wildman–Crippen LogP) is 0.220. The van der Waals surface area contributed by atoms with Gasteiger partial charge < -0.3 is 5.73 Å². The second-order valence-corrected chi connectivity index (χ2v) is 5.35. The van der Waals surface area contributed by atoms with Gasteiger partial charge in [0.25, 0.3) is 5.69 Å². The van der Waals surface area contributed by atoms with Crippen LogP contribution in [-0.4, -0.2) is 25.9 Å². The summed E-state index contributed by atoms with van der Waals surface area (Å²) < 4.78 is 25.7. The molecular weight excluding hydrogens is 246 g/mol. The third-order valence-corrected chi connectivity index (χ3v) is 3.36. The molecule has 1 atom stereocenters. The summed E-state index contributed by atoms with van der Waals surface area (Å²) in [6.07, 6.45) is 0. The maximum Gasteiger partial charge on any atom is 0.270 e. The van der Waals surface area contributed by atoms with Crippen LogP contribution >= 0.6 is 0 Å². The molecule has 7 nitrogen and oxygen atoms in total. The first-order chi connectivity index (χ1) is 7.83. The Morgan fingerprint density at radius 3 is 2.71 bits per heavy atom. The molecule has 0 fully saturated rings. The summed E-state index contributed by atoms with van der Waals surface area (Å²) in [5.74, 6) is 0. The highest BCUT2D eigenvalue weighted by molar-refractivity contribution is 7.89. The van der Waals surface area contributed by atoms with Gasteiger partial charge in [-0.2, -0.15) is 0 Å². The van der Waals surface area contributed by atoms with E-state index in [4.69, 9.17) is 5.73 Å². The molecule has 0 saturated heterocycles. The van der Waals surface area contributed by atoms with Gasteiger partial charge in [0.2, 0.25) is 10.0 Å². The Kier molecular flexibility index (Phi) is 4.16. The third-order valence-electron chi connectivity index (χ3n) is 1.93. The van der Waals surface area contributed by atoms with Crippen LogP contribution in [0.15, 0.2) is 29.2 Å². The first-order valence-corrected chi connectivity index (χ1v) is 6.31. The Balaban J connectivity index is 2.99. The van der Waals surface area contributed by atoms with Crippen LogP contribution in [0, 0.1) is 10.1 Å². The molecule has 17 heavy (non-hydrogen) atoms. The highest BCUT2D eigenvalue weighted by Gasteiger charge is 2.17. The van der Waals surface area contributed by atoms with Crippen LogP contribution in [0.5, 0.6) is 0 Å². The SMILES string of the molecule is CC(N)CNS(=O)(=O)c1cccc([N+](=O)[O-])c1. The number of nitrogens with zero attached hydrogens (tertiary/aromatic N) is 1. The lowest BCUT2D eigenvalue weighted by Crippen LogP contribution is -2.35. The van der Waals surface area contributed by atoms with Crippen molar-refractivity contribution in [1.29, 1.82) is 0 Å². The number of non-ortho nitro benzene ring substituents is 1. The summed E-state index contributed by atoms with van der Waals surface area (Å²) in [6.45, 7) is 1.72. The van der Waals surface area contributed by atoms with Crippen LogP contribution < -0.4 is 10.5 Å². The molecule has 8 heteroatoms. The van der Waals surface area contributed by atoms with Crippen molar-refractivity contribution in [3.8, 4) is 0 Å². The minimum absolute atomic E-state index is 0.0744. The van der Waals surface area contributed by atoms with E-state index in [0.29, 0.717) is 0 Å². The summed E-state index contributed by atoms with van der Waals surface area (Å²) in [5, 5.41) is 10.5. The topological polar surface area (TPSA) is 115 Å². The number of nitrogens with one attached hydrogen (secondary N) is 1. The first-order valence-electron chi connectivity index (χ1n) is 4.82. The van der Waals surface area contributed by atoms with Crippen LogP contribution in [-0.2, 0) is 10.0 Å². The van der Waals surface area contributed by atoms with Gasteiger partial charge in [-0.1, -0.05) is 6.07 Å². The average molecular weight is 259 g/mol. The predicted molar refractivity (Wildman–Crippen MR) is 61.9 cm³/mol. The van der Waals surface area contributed by atoms with Gasteiger partial charge in [-0.05, 0) is 13.0 Å². The molecule has 1 rings (SSSR count). The molecule has 1 unspecified atom stereocenters. The van der Waals surface area contributed by atoms with E-state index in [1.807, 2.05) is 0 Å². The fourth-order valence-corrected chi connectivity index (χ4v) is 2.27. The lowest BCUT2D eigenvalue weighted by atomic mass is 10.3. The van der Waals surface area contributed by atoms with Gasteiger partial charge >= 0.3 is 0 Å². The lowest BCUT2D eigenvalue weighted by Gasteiger charge is -2.08. The van der Waals surface area contributed by atoms with Crippen LogP contribution in [0.3, 0.4) is 0 Å². The van der Waals surface area contributed by atoms with Crippen LogP contribution in [0.1, 0.15) is 6.92 Å². The molecule has 1 aromatic carbocycles. The van der Waals surface area contributed by atoms with Crippen molar-refractivity contribution in [2.24, 2.45) is 5.73 Å². The quantitative estimate of drug-likeness (QED) is 0.579. The number of nitro groups is 1. The van der Waals surface area contributed by atoms with Gasteiger partial charge in [0.05, 0.1) is 9.82 Å². The van der Waals surface area contributed by atoms with E-state index in [9.17, 15) is 18.5 Å². The number of nitrogens with two attached hydrogens (primary N) is 1. The van der Waals surface area contributed by atoms with Crippen LogP contribution in [0.2, 0.25) is 0 Å². The van der Waals surface area contributed by atoms with E-state index in [1.165, 1.54) is 18.2 Å².